The maximum Gasteiger partial charge on any atom is 0.355 e. The van der Waals surface area contributed by atoms with Gasteiger partial charge in [-0.15, -0.1) is 11.6 Å². The Bertz CT molecular complexity index is 473. The molecule has 1 aromatic rings. The van der Waals surface area contributed by atoms with Gasteiger partial charge in [0.05, 0.1) is 12.5 Å². The van der Waals surface area contributed by atoms with Gasteiger partial charge in [0.15, 0.2) is 0 Å². The van der Waals surface area contributed by atoms with Crippen LogP contribution in [0.5, 0.6) is 0 Å². The van der Waals surface area contributed by atoms with E-state index < -0.39 is 23.5 Å². The van der Waals surface area contributed by atoms with Crippen LogP contribution < -0.4 is 5.56 Å². The Morgan fingerprint density at radius 2 is 2.24 bits per heavy atom. The lowest BCUT2D eigenvalue weighted by Gasteiger charge is -2.10. The fourth-order valence-electron chi connectivity index (χ4n) is 1.32. The summed E-state index contributed by atoms with van der Waals surface area (Å²) in [4.78, 5) is 24.8. The number of aromatic nitrogens is 1. The first-order chi connectivity index (χ1) is 8.01. The maximum absolute atomic E-state index is 12.7. The van der Waals surface area contributed by atoms with Gasteiger partial charge in [0.25, 0.3) is 6.43 Å². The molecule has 0 fully saturated rings. The van der Waals surface area contributed by atoms with Gasteiger partial charge in [0.1, 0.15) is 5.69 Å². The zero-order valence-electron chi connectivity index (χ0n) is 8.93. The summed E-state index contributed by atoms with van der Waals surface area (Å²) >= 11 is 5.51. The molecule has 4 nitrogen and oxygen atoms in total. The van der Waals surface area contributed by atoms with Crippen molar-refractivity contribution >= 4 is 17.6 Å². The zero-order chi connectivity index (χ0) is 13.0. The topological polar surface area (TPSA) is 59.2 Å². The van der Waals surface area contributed by atoms with Crippen molar-refractivity contribution in [3.05, 3.63) is 33.2 Å². The SMILES string of the molecule is CCOC(=O)c1[nH]c(=O)cc(C(F)F)c1CCl. The summed E-state index contributed by atoms with van der Waals surface area (Å²) in [5.74, 6) is -1.19. The van der Waals surface area contributed by atoms with Crippen LogP contribution in [0.25, 0.3) is 0 Å². The molecule has 0 saturated carbocycles. The van der Waals surface area contributed by atoms with Gasteiger partial charge < -0.3 is 9.72 Å². The second-order valence-electron chi connectivity index (χ2n) is 3.10. The fourth-order valence-corrected chi connectivity index (χ4v) is 1.61. The molecule has 0 bridgehead atoms. The fraction of sp³-hybridized carbons (Fsp3) is 0.400. The molecule has 0 saturated heterocycles. The zero-order valence-corrected chi connectivity index (χ0v) is 9.68. The summed E-state index contributed by atoms with van der Waals surface area (Å²) in [6.07, 6.45) is -2.88. The molecule has 1 N–H and O–H groups in total. The lowest BCUT2D eigenvalue weighted by Crippen LogP contribution is -2.19. The highest BCUT2D eigenvalue weighted by Crippen LogP contribution is 2.24. The largest absolute Gasteiger partial charge is 0.461 e. The number of aromatic amines is 1. The van der Waals surface area contributed by atoms with E-state index in [9.17, 15) is 18.4 Å². The molecule has 0 atom stereocenters. The number of alkyl halides is 3. The highest BCUT2D eigenvalue weighted by Gasteiger charge is 2.21. The molecule has 0 aliphatic rings. The summed E-state index contributed by atoms with van der Waals surface area (Å²) in [6, 6.07) is 0.727. The number of rotatable bonds is 4. The predicted octanol–water partition coefficient (Wildman–Crippen LogP) is 2.23. The number of halogens is 3. The van der Waals surface area contributed by atoms with Crippen molar-refractivity contribution in [3.63, 3.8) is 0 Å². The van der Waals surface area contributed by atoms with Gasteiger partial charge in [-0.3, -0.25) is 4.79 Å². The molecule has 0 aliphatic heterocycles. The lowest BCUT2D eigenvalue weighted by atomic mass is 10.1. The molecular formula is C10H10ClF2NO3. The molecule has 94 valence electrons. The summed E-state index contributed by atoms with van der Waals surface area (Å²) < 4.78 is 30.0. The number of nitrogens with one attached hydrogen (secondary N) is 1. The van der Waals surface area contributed by atoms with Crippen molar-refractivity contribution in [2.75, 3.05) is 6.61 Å². The van der Waals surface area contributed by atoms with Crippen molar-refractivity contribution in [2.24, 2.45) is 0 Å². The van der Waals surface area contributed by atoms with Gasteiger partial charge in [-0.25, -0.2) is 13.6 Å². The Balaban J connectivity index is 3.38. The van der Waals surface area contributed by atoms with Crippen LogP contribution in [0.3, 0.4) is 0 Å². The Labute approximate surface area is 101 Å². The average molecular weight is 266 g/mol. The monoisotopic (exact) mass is 265 g/mol. The Morgan fingerprint density at radius 1 is 1.59 bits per heavy atom. The van der Waals surface area contributed by atoms with Gasteiger partial charge in [0, 0.05) is 17.2 Å². The predicted molar refractivity (Wildman–Crippen MR) is 57.5 cm³/mol. The molecular weight excluding hydrogens is 256 g/mol. The molecule has 0 amide bonds. The van der Waals surface area contributed by atoms with Crippen LogP contribution in [-0.2, 0) is 10.6 Å². The van der Waals surface area contributed by atoms with Crippen LogP contribution in [0.15, 0.2) is 10.9 Å². The number of pyridine rings is 1. The summed E-state index contributed by atoms with van der Waals surface area (Å²) in [5.41, 5.74) is -1.77. The first-order valence-corrected chi connectivity index (χ1v) is 5.32. The highest BCUT2D eigenvalue weighted by atomic mass is 35.5. The van der Waals surface area contributed by atoms with E-state index >= 15 is 0 Å². The number of carbonyl (C=O) groups is 1. The first-order valence-electron chi connectivity index (χ1n) is 4.78. The number of ether oxygens (including phenoxy) is 1. The standard InChI is InChI=1S/C10H10ClF2NO3/c1-2-17-10(16)8-6(4-11)5(9(12)13)3-7(15)14-8/h3,9H,2,4H2,1H3,(H,14,15). The Hall–Kier alpha value is -1.43. The van der Waals surface area contributed by atoms with E-state index in [1.807, 2.05) is 0 Å². The van der Waals surface area contributed by atoms with Crippen LogP contribution in [0.1, 0.15) is 35.0 Å². The van der Waals surface area contributed by atoms with Crippen LogP contribution in [0.2, 0.25) is 0 Å². The Morgan fingerprint density at radius 3 is 2.71 bits per heavy atom. The number of hydrogen-bond donors (Lipinski definition) is 1. The minimum absolute atomic E-state index is 0.0709. The average Bonchev–Trinajstić information content (AvgIpc) is 2.28. The summed E-state index contributed by atoms with van der Waals surface area (Å²) in [7, 11) is 0. The van der Waals surface area contributed by atoms with E-state index in [1.165, 1.54) is 0 Å². The van der Waals surface area contributed by atoms with Gasteiger partial charge in [-0.05, 0) is 6.92 Å². The third-order valence-corrected chi connectivity index (χ3v) is 2.30. The number of H-pyrrole nitrogens is 1. The summed E-state index contributed by atoms with van der Waals surface area (Å²) in [5, 5.41) is 0. The van der Waals surface area contributed by atoms with Gasteiger partial charge in [-0.1, -0.05) is 0 Å². The third kappa shape index (κ3) is 3.03. The van der Waals surface area contributed by atoms with Crippen molar-refractivity contribution < 1.29 is 18.3 Å². The smallest absolute Gasteiger partial charge is 0.355 e. The number of esters is 1. The second kappa shape index (κ2) is 5.77. The van der Waals surface area contributed by atoms with Crippen molar-refractivity contribution in [1.82, 2.24) is 4.98 Å². The van der Waals surface area contributed by atoms with Crippen LogP contribution >= 0.6 is 11.6 Å². The molecule has 17 heavy (non-hydrogen) atoms. The molecule has 7 heteroatoms. The number of carbonyl (C=O) groups excluding carboxylic acids is 1. The van der Waals surface area contributed by atoms with Crippen LogP contribution in [0.4, 0.5) is 8.78 Å². The Kier molecular flexibility index (Phi) is 4.62. The second-order valence-corrected chi connectivity index (χ2v) is 3.36. The minimum atomic E-state index is -2.88. The molecule has 0 aromatic carbocycles. The quantitative estimate of drug-likeness (QED) is 0.671. The van der Waals surface area contributed by atoms with Gasteiger partial charge >= 0.3 is 5.97 Å². The summed E-state index contributed by atoms with van der Waals surface area (Å²) in [6.45, 7) is 1.63. The third-order valence-electron chi connectivity index (χ3n) is 2.03. The molecule has 0 spiro atoms. The molecule has 0 unspecified atom stereocenters. The van der Waals surface area contributed by atoms with Crippen molar-refractivity contribution in [3.8, 4) is 0 Å². The van der Waals surface area contributed by atoms with E-state index in [1.54, 1.807) is 6.92 Å². The van der Waals surface area contributed by atoms with Gasteiger partial charge in [-0.2, -0.15) is 0 Å². The molecule has 1 aromatic heterocycles. The van der Waals surface area contributed by atoms with Gasteiger partial charge in [0.2, 0.25) is 5.56 Å². The van der Waals surface area contributed by atoms with Crippen LogP contribution in [0, 0.1) is 0 Å². The van der Waals surface area contributed by atoms with E-state index in [0.29, 0.717) is 0 Å². The molecule has 1 heterocycles. The van der Waals surface area contributed by atoms with Crippen molar-refractivity contribution in [2.45, 2.75) is 19.2 Å². The van der Waals surface area contributed by atoms with Crippen molar-refractivity contribution in [1.29, 1.82) is 0 Å². The van der Waals surface area contributed by atoms with E-state index in [0.717, 1.165) is 6.07 Å². The highest BCUT2D eigenvalue weighted by molar-refractivity contribution is 6.17. The van der Waals surface area contributed by atoms with E-state index in [-0.39, 0.29) is 23.7 Å². The minimum Gasteiger partial charge on any atom is -0.461 e. The number of hydrogen-bond acceptors (Lipinski definition) is 3. The lowest BCUT2D eigenvalue weighted by molar-refractivity contribution is 0.0517. The first kappa shape index (κ1) is 13.6. The maximum atomic E-state index is 12.7. The van der Waals surface area contributed by atoms with E-state index in [4.69, 9.17) is 11.6 Å². The van der Waals surface area contributed by atoms with Crippen LogP contribution in [-0.4, -0.2) is 17.6 Å². The normalized spacial score (nSPS) is 10.6. The molecule has 0 aliphatic carbocycles. The van der Waals surface area contributed by atoms with E-state index in [2.05, 4.69) is 9.72 Å². The molecule has 1 rings (SSSR count). The molecule has 0 radical (unpaired) electrons.